The summed E-state index contributed by atoms with van der Waals surface area (Å²) in [6, 6.07) is 12.4. The molecule has 3 aromatic heterocycles. The van der Waals surface area contributed by atoms with Crippen LogP contribution in [0.4, 0.5) is 11.4 Å². The first-order chi connectivity index (χ1) is 24.2. The molecule has 8 rings (SSSR count). The summed E-state index contributed by atoms with van der Waals surface area (Å²) >= 11 is 6.97. The van der Waals surface area contributed by atoms with Crippen molar-refractivity contribution in [2.75, 3.05) is 30.3 Å². The molecule has 0 radical (unpaired) electrons. The molecule has 0 spiro atoms. The molecule has 2 bridgehead atoms. The van der Waals surface area contributed by atoms with Crippen LogP contribution in [0.2, 0.25) is 5.02 Å². The van der Waals surface area contributed by atoms with Gasteiger partial charge in [0.15, 0.2) is 6.79 Å². The highest BCUT2D eigenvalue weighted by Gasteiger charge is 2.59. The summed E-state index contributed by atoms with van der Waals surface area (Å²) in [6.07, 6.45) is 8.23. The van der Waals surface area contributed by atoms with Crippen LogP contribution in [-0.4, -0.2) is 54.4 Å². The zero-order valence-electron chi connectivity index (χ0n) is 28.6. The number of rotatable bonds is 12. The van der Waals surface area contributed by atoms with E-state index in [4.69, 9.17) is 16.3 Å². The molecule has 51 heavy (non-hydrogen) atoms. The summed E-state index contributed by atoms with van der Waals surface area (Å²) in [5.41, 5.74) is 2.79. The number of benzene rings is 2. The number of nitrogens with zero attached hydrogens (tertiary/aromatic N) is 7. The van der Waals surface area contributed by atoms with Gasteiger partial charge in [0.05, 0.1) is 33.5 Å². The van der Waals surface area contributed by atoms with Crippen LogP contribution in [-0.2, 0) is 26.4 Å². The molecule has 1 atom stereocenters. The molecular weight excluding hydrogens is 695 g/mol. The first kappa shape index (κ1) is 35.1. The van der Waals surface area contributed by atoms with Crippen LogP contribution in [0.5, 0.6) is 0 Å². The number of fused-ring (bicyclic) bond motifs is 2. The fourth-order valence-electron chi connectivity index (χ4n) is 7.05. The van der Waals surface area contributed by atoms with Crippen molar-refractivity contribution in [1.82, 2.24) is 24.5 Å². The molecule has 0 aliphatic heterocycles. The number of hydrogen-bond donors (Lipinski definition) is 3. The molecule has 5 aromatic rings. The lowest BCUT2D eigenvalue weighted by atomic mass is 9.50. The van der Waals surface area contributed by atoms with E-state index >= 15 is 0 Å². The van der Waals surface area contributed by atoms with Crippen molar-refractivity contribution < 1.29 is 23.6 Å². The predicted octanol–water partition coefficient (Wildman–Crippen LogP) is 5.81. The average Bonchev–Trinajstić information content (AvgIpc) is 3.49. The van der Waals surface area contributed by atoms with Crippen molar-refractivity contribution >= 4 is 52.5 Å². The average molecular weight is 733 g/mol. The molecule has 0 unspecified atom stereocenters. The van der Waals surface area contributed by atoms with Crippen molar-refractivity contribution in [3.63, 3.8) is 0 Å². The summed E-state index contributed by atoms with van der Waals surface area (Å²) < 4.78 is 25.4. The number of hydrogen-bond acceptors (Lipinski definition) is 10. The van der Waals surface area contributed by atoms with E-state index in [9.17, 15) is 24.4 Å². The minimum atomic E-state index is -4.84. The molecule has 266 valence electrons. The Labute approximate surface area is 298 Å². The quantitative estimate of drug-likeness (QED) is 0.0797. The second-order valence-electron chi connectivity index (χ2n) is 14.7. The highest BCUT2D eigenvalue weighted by molar-refractivity contribution is 7.46. The normalized spacial score (nSPS) is 19.0. The molecular formula is C35H38ClN8O6P. The number of ether oxygens (including phenoxy) is 1. The van der Waals surface area contributed by atoms with Gasteiger partial charge in [-0.2, -0.15) is 5.26 Å². The minimum Gasteiger partial charge on any atom is -0.383 e. The summed E-state index contributed by atoms with van der Waals surface area (Å²) in [5, 5.41) is 24.8. The molecule has 16 heteroatoms. The van der Waals surface area contributed by atoms with E-state index in [1.54, 1.807) is 31.4 Å². The lowest BCUT2D eigenvalue weighted by Crippen LogP contribution is -2.59. The van der Waals surface area contributed by atoms with Crippen LogP contribution in [0.3, 0.4) is 0 Å². The number of halogens is 1. The molecule has 3 aliphatic rings. The molecule has 0 saturated heterocycles. The highest BCUT2D eigenvalue weighted by Crippen LogP contribution is 2.62. The molecule has 3 fully saturated rings. The smallest absolute Gasteiger partial charge is 0.383 e. The van der Waals surface area contributed by atoms with Crippen LogP contribution in [0, 0.1) is 22.7 Å². The van der Waals surface area contributed by atoms with Crippen molar-refractivity contribution in [2.24, 2.45) is 18.4 Å². The van der Waals surface area contributed by atoms with E-state index in [2.05, 4.69) is 52.0 Å². The monoisotopic (exact) mass is 732 g/mol. The second-order valence-corrected chi connectivity index (χ2v) is 16.3. The molecule has 3 N–H and O–H groups in total. The van der Waals surface area contributed by atoms with Gasteiger partial charge in [-0.05, 0) is 65.8 Å². The molecule has 3 heterocycles. The van der Waals surface area contributed by atoms with Crippen molar-refractivity contribution in [1.29, 1.82) is 5.26 Å². The maximum atomic E-state index is 13.3. The molecule has 3 aliphatic carbocycles. The Kier molecular flexibility index (Phi) is 8.94. The molecule has 14 nitrogen and oxygen atoms in total. The van der Waals surface area contributed by atoms with Gasteiger partial charge in [0.25, 0.3) is 5.56 Å². The van der Waals surface area contributed by atoms with Gasteiger partial charge in [-0.1, -0.05) is 49.7 Å². The summed E-state index contributed by atoms with van der Waals surface area (Å²) in [6.45, 7) is 5.80. The Morgan fingerprint density at radius 2 is 1.96 bits per heavy atom. The summed E-state index contributed by atoms with van der Waals surface area (Å²) in [7, 11) is -3.15. The van der Waals surface area contributed by atoms with Crippen LogP contribution < -0.4 is 15.8 Å². The predicted molar refractivity (Wildman–Crippen MR) is 192 cm³/mol. The summed E-state index contributed by atoms with van der Waals surface area (Å²) in [4.78, 5) is 38.4. The van der Waals surface area contributed by atoms with Gasteiger partial charge >= 0.3 is 7.82 Å². The maximum absolute atomic E-state index is 13.3. The Morgan fingerprint density at radius 1 is 1.20 bits per heavy atom. The van der Waals surface area contributed by atoms with E-state index in [1.807, 2.05) is 34.0 Å². The lowest BCUT2D eigenvalue weighted by molar-refractivity contribution is -0.0989. The van der Waals surface area contributed by atoms with Crippen molar-refractivity contribution in [3.05, 3.63) is 87.2 Å². The second kappa shape index (κ2) is 13.0. The number of nitrogens with one attached hydrogen (secondary N) is 1. The zero-order chi connectivity index (χ0) is 36.3. The first-order valence-corrected chi connectivity index (χ1v) is 18.4. The SMILES string of the molecule is Cn1ccc2c([C@@H](c3cn(C45CC(C4)C5)nn3)N(COCOP(=O)(O)O)c3cc(Cl)c4ncc(C#N)c(NCC(C)(C)C)c4c3)cccc2c1=O. The Hall–Kier alpha value is -4.35. The molecule has 2 aromatic carbocycles. The third-order valence-corrected chi connectivity index (χ3v) is 10.5. The van der Waals surface area contributed by atoms with Crippen molar-refractivity contribution in [2.45, 2.75) is 51.6 Å². The third-order valence-electron chi connectivity index (χ3n) is 9.74. The van der Waals surface area contributed by atoms with Gasteiger partial charge in [-0.25, -0.2) is 9.25 Å². The molecule has 0 amide bonds. The maximum Gasteiger partial charge on any atom is 0.471 e. The number of aryl methyl sites for hydroxylation is 1. The number of pyridine rings is 2. The van der Waals surface area contributed by atoms with E-state index < -0.39 is 20.7 Å². The number of phosphoric ester groups is 1. The lowest BCUT2D eigenvalue weighted by Gasteiger charge is -2.61. The largest absolute Gasteiger partial charge is 0.471 e. The van der Waals surface area contributed by atoms with Gasteiger partial charge in [-0.15, -0.1) is 5.10 Å². The van der Waals surface area contributed by atoms with Crippen LogP contribution in [0.1, 0.15) is 62.9 Å². The summed E-state index contributed by atoms with van der Waals surface area (Å²) in [5.74, 6) is 0.703. The number of anilines is 2. The standard InChI is InChI=1S/C35H38ClN8O6P/c1-34(2,3)18-39-30-22(15-37)16-38-31-27(30)10-23(11-28(31)36)43(19-49-20-50-51(46,47)48)32(29-17-44(41-40-29)35-12-21(13-35)14-35)25-6-5-7-26-24(25)8-9-42(4)33(26)45/h5-11,16-17,21,32H,12-14,18-20H2,1-4H3,(H,38,39)(H2,46,47,48)/t21?,32-,35?/m0/s1. The Morgan fingerprint density at radius 3 is 2.63 bits per heavy atom. The van der Waals surface area contributed by atoms with Crippen molar-refractivity contribution in [3.8, 4) is 6.07 Å². The van der Waals surface area contributed by atoms with Gasteiger partial charge < -0.3 is 29.3 Å². The van der Waals surface area contributed by atoms with Gasteiger partial charge in [0.2, 0.25) is 0 Å². The van der Waals surface area contributed by atoms with Crippen LogP contribution in [0.15, 0.2) is 59.8 Å². The van der Waals surface area contributed by atoms with Crippen LogP contribution in [0.25, 0.3) is 21.7 Å². The first-order valence-electron chi connectivity index (χ1n) is 16.5. The number of phosphoric acid groups is 1. The van der Waals surface area contributed by atoms with E-state index in [1.165, 1.54) is 10.8 Å². The topological polar surface area (TPSA) is 181 Å². The van der Waals surface area contributed by atoms with E-state index in [0.29, 0.717) is 67.4 Å². The van der Waals surface area contributed by atoms with E-state index in [0.717, 1.165) is 19.3 Å². The fraction of sp³-hybridized carbons (Fsp3) is 0.400. The molecule has 3 saturated carbocycles. The third kappa shape index (κ3) is 6.73. The number of nitriles is 1. The van der Waals surface area contributed by atoms with E-state index in [-0.39, 0.29) is 23.2 Å². The number of aromatic nitrogens is 5. The van der Waals surface area contributed by atoms with Crippen LogP contribution >= 0.6 is 19.4 Å². The minimum absolute atomic E-state index is 0.0625. The zero-order valence-corrected chi connectivity index (χ0v) is 30.2. The van der Waals surface area contributed by atoms with Gasteiger partial charge in [0.1, 0.15) is 24.5 Å². The fourth-order valence-corrected chi connectivity index (χ4v) is 7.53. The Bertz CT molecular complexity index is 2290. The van der Waals surface area contributed by atoms with Gasteiger partial charge in [0, 0.05) is 42.4 Å². The van der Waals surface area contributed by atoms with Gasteiger partial charge in [-0.3, -0.25) is 14.3 Å². The Balaban J connectivity index is 1.44. The highest BCUT2D eigenvalue weighted by atomic mass is 35.5.